The summed E-state index contributed by atoms with van der Waals surface area (Å²) in [6.07, 6.45) is 8.50. The number of halogens is 2. The molecule has 1 N–H and O–H groups in total. The summed E-state index contributed by atoms with van der Waals surface area (Å²) in [5.74, 6) is 0.611. The summed E-state index contributed by atoms with van der Waals surface area (Å²) in [5.41, 5.74) is 2.31. The molecule has 1 amide bonds. The summed E-state index contributed by atoms with van der Waals surface area (Å²) in [5, 5.41) is 0. The molecule has 4 aliphatic heterocycles. The zero-order valence-corrected chi connectivity index (χ0v) is 15.6. The third kappa shape index (κ3) is 2.61. The van der Waals surface area contributed by atoms with E-state index in [0.29, 0.717) is 24.3 Å². The van der Waals surface area contributed by atoms with E-state index >= 15 is 0 Å². The van der Waals surface area contributed by atoms with Crippen LogP contribution < -0.4 is 17.3 Å². The maximum atomic E-state index is 12.4. The van der Waals surface area contributed by atoms with Crippen LogP contribution in [0.5, 0.6) is 0 Å². The van der Waals surface area contributed by atoms with Gasteiger partial charge in [-0.25, -0.2) is 4.90 Å². The molecule has 2 fully saturated rings. The predicted octanol–water partition coefficient (Wildman–Crippen LogP) is -1.56. The van der Waals surface area contributed by atoms with E-state index in [1.807, 2.05) is 12.4 Å². The van der Waals surface area contributed by atoms with Gasteiger partial charge in [-0.05, 0) is 18.3 Å². The number of allylic oxidation sites excluding steroid dienone is 1. The van der Waals surface area contributed by atoms with Gasteiger partial charge < -0.3 is 17.3 Å². The Kier molecular flexibility index (Phi) is 4.27. The lowest BCUT2D eigenvalue weighted by molar-refractivity contribution is -0.685. The van der Waals surface area contributed by atoms with Crippen molar-refractivity contribution in [3.8, 4) is 0 Å². The number of aliphatic imine (C=N–C) groups is 2. The number of carbonyl (C=O) groups is 1. The quantitative estimate of drug-likeness (QED) is 0.533. The van der Waals surface area contributed by atoms with E-state index in [2.05, 4.69) is 39.7 Å². The van der Waals surface area contributed by atoms with Crippen molar-refractivity contribution in [2.24, 2.45) is 21.3 Å². The minimum atomic E-state index is 0. The summed E-state index contributed by atoms with van der Waals surface area (Å²) < 4.78 is 0.884. The molecule has 23 heavy (non-hydrogen) atoms. The van der Waals surface area contributed by atoms with E-state index in [-0.39, 0.29) is 17.8 Å². The van der Waals surface area contributed by atoms with Gasteiger partial charge in [-0.2, -0.15) is 4.99 Å². The van der Waals surface area contributed by atoms with E-state index in [1.54, 1.807) is 6.20 Å². The molecule has 5 nitrogen and oxygen atoms in total. The number of carbonyl (C=O) groups excluding carboxylic acids is 1. The van der Waals surface area contributed by atoms with E-state index in [9.17, 15) is 4.79 Å². The number of hydrogen-bond donors (Lipinski definition) is 1. The molecule has 7 heteroatoms. The first-order valence-corrected chi connectivity index (χ1v) is 8.62. The first-order valence-electron chi connectivity index (χ1n) is 7.82. The Morgan fingerprint density at radius 1 is 1.39 bits per heavy atom. The number of amides is 1. The van der Waals surface area contributed by atoms with Gasteiger partial charge >= 0.3 is 0 Å². The van der Waals surface area contributed by atoms with E-state index in [4.69, 9.17) is 4.99 Å². The monoisotopic (exact) mass is 398 g/mol. The van der Waals surface area contributed by atoms with Crippen LogP contribution in [0, 0.1) is 11.3 Å². The molecule has 4 heterocycles. The van der Waals surface area contributed by atoms with Crippen LogP contribution in [0.3, 0.4) is 0 Å². The third-order valence-corrected chi connectivity index (χ3v) is 5.94. The van der Waals surface area contributed by atoms with Crippen LogP contribution in [0.1, 0.15) is 33.1 Å². The first kappa shape index (κ1) is 16.9. The number of hydrogen-bond acceptors (Lipinski definition) is 3. The first-order chi connectivity index (χ1) is 10.5. The zero-order chi connectivity index (χ0) is 15.5. The van der Waals surface area contributed by atoms with Crippen LogP contribution in [-0.4, -0.2) is 34.4 Å². The number of amidine groups is 1. The molecule has 4 rings (SSSR count). The fraction of sp³-hybridized carbons (Fsp3) is 0.562. The molecule has 0 saturated carbocycles. The Morgan fingerprint density at radius 3 is 2.96 bits per heavy atom. The van der Waals surface area contributed by atoms with Crippen molar-refractivity contribution in [2.75, 3.05) is 6.54 Å². The second-order valence-electron chi connectivity index (χ2n) is 7.21. The fourth-order valence-electron chi connectivity index (χ4n) is 4.21. The molecular weight excluding hydrogens is 380 g/mol. The van der Waals surface area contributed by atoms with Crippen molar-refractivity contribution in [3.63, 3.8) is 0 Å². The highest BCUT2D eigenvalue weighted by Gasteiger charge is 2.49. The lowest BCUT2D eigenvalue weighted by Crippen LogP contribution is -3.07. The predicted molar refractivity (Wildman–Crippen MR) is 88.6 cm³/mol. The largest absolute Gasteiger partial charge is 1.00 e. The Bertz CT molecular complexity index is 667. The van der Waals surface area contributed by atoms with Crippen molar-refractivity contribution < 1.29 is 22.1 Å². The van der Waals surface area contributed by atoms with E-state index < -0.39 is 0 Å². The number of piperidine rings is 1. The molecule has 0 aliphatic carbocycles. The van der Waals surface area contributed by atoms with Gasteiger partial charge in [0.1, 0.15) is 11.9 Å². The number of quaternary nitrogens is 1. The Hall–Kier alpha value is -0.980. The summed E-state index contributed by atoms with van der Waals surface area (Å²) in [6, 6.07) is 0.388. The van der Waals surface area contributed by atoms with Crippen LogP contribution in [0.25, 0.3) is 0 Å². The molecule has 0 spiro atoms. The minimum Gasteiger partial charge on any atom is -1.00 e. The molecule has 0 bridgehead atoms. The zero-order valence-electron chi connectivity index (χ0n) is 13.2. The van der Waals surface area contributed by atoms with Gasteiger partial charge in [-0.15, -0.1) is 0 Å². The second-order valence-corrected chi connectivity index (χ2v) is 7.96. The molecule has 3 unspecified atom stereocenters. The Balaban J connectivity index is 0.00000156. The maximum absolute atomic E-state index is 12.4. The summed E-state index contributed by atoms with van der Waals surface area (Å²) in [4.78, 5) is 24.5. The van der Waals surface area contributed by atoms with Crippen LogP contribution in [-0.2, 0) is 4.79 Å². The van der Waals surface area contributed by atoms with Crippen molar-refractivity contribution in [1.29, 1.82) is 0 Å². The lowest BCUT2D eigenvalue weighted by atomic mass is 9.78. The molecule has 0 aromatic rings. The number of nitrogens with one attached hydrogen (secondary N) is 1. The van der Waals surface area contributed by atoms with Crippen LogP contribution in [0.4, 0.5) is 0 Å². The average Bonchev–Trinajstić information content (AvgIpc) is 2.95. The minimum absolute atomic E-state index is 0. The smallest absolute Gasteiger partial charge is 0.279 e. The van der Waals surface area contributed by atoms with Crippen LogP contribution in [0.15, 0.2) is 33.8 Å². The molecular formula is C16H20BrClN4O. The summed E-state index contributed by atoms with van der Waals surface area (Å²) in [6.45, 7) is 5.22. The molecule has 124 valence electrons. The molecule has 4 aliphatic rings. The summed E-state index contributed by atoms with van der Waals surface area (Å²) in [7, 11) is 0. The fourth-order valence-corrected chi connectivity index (χ4v) is 4.74. The van der Waals surface area contributed by atoms with Gasteiger partial charge in [0.25, 0.3) is 4.74 Å². The van der Waals surface area contributed by atoms with Crippen molar-refractivity contribution in [3.05, 3.63) is 23.8 Å². The highest BCUT2D eigenvalue weighted by Crippen LogP contribution is 2.44. The van der Waals surface area contributed by atoms with Gasteiger partial charge in [-0.3, -0.25) is 9.79 Å². The highest BCUT2D eigenvalue weighted by molar-refractivity contribution is 9.18. The Morgan fingerprint density at radius 2 is 2.17 bits per heavy atom. The normalized spacial score (nSPS) is 34.2. The second kappa shape index (κ2) is 5.83. The van der Waals surface area contributed by atoms with E-state index in [0.717, 1.165) is 40.4 Å². The lowest BCUT2D eigenvalue weighted by Gasteiger charge is -2.39. The van der Waals surface area contributed by atoms with Gasteiger partial charge in [0.15, 0.2) is 5.70 Å². The highest BCUT2D eigenvalue weighted by atomic mass is 79.9. The molecule has 3 atom stereocenters. The topological polar surface area (TPSA) is 49.5 Å². The maximum Gasteiger partial charge on any atom is 0.279 e. The molecule has 2 saturated heterocycles. The molecule has 0 aromatic heterocycles. The number of fused-ring (bicyclic) bond motifs is 2. The van der Waals surface area contributed by atoms with Crippen molar-refractivity contribution in [1.82, 2.24) is 4.90 Å². The van der Waals surface area contributed by atoms with Crippen LogP contribution >= 0.6 is 15.9 Å². The van der Waals surface area contributed by atoms with E-state index in [1.165, 1.54) is 0 Å². The van der Waals surface area contributed by atoms with Crippen molar-refractivity contribution >= 4 is 32.8 Å². The molecule has 0 aromatic carbocycles. The SMILES string of the molecule is CC1(C)CC(=O)N2CC(C3=C4C=NC=C[NH+]4C(Br)=N3)CCC21.[Cl-]. The average molecular weight is 400 g/mol. The van der Waals surface area contributed by atoms with Gasteiger partial charge in [0.2, 0.25) is 5.91 Å². The number of nitrogens with zero attached hydrogens (tertiary/aromatic N) is 3. The summed E-state index contributed by atoms with van der Waals surface area (Å²) >= 11 is 3.55. The molecule has 0 radical (unpaired) electrons. The van der Waals surface area contributed by atoms with Gasteiger partial charge in [-0.1, -0.05) is 13.8 Å². The third-order valence-electron chi connectivity index (χ3n) is 5.34. The number of rotatable bonds is 1. The van der Waals surface area contributed by atoms with Gasteiger partial charge in [0.05, 0.1) is 12.4 Å². The van der Waals surface area contributed by atoms with Gasteiger partial charge in [0, 0.05) is 40.9 Å². The Labute approximate surface area is 150 Å². The van der Waals surface area contributed by atoms with Crippen LogP contribution in [0.2, 0.25) is 0 Å². The van der Waals surface area contributed by atoms with Crippen molar-refractivity contribution in [2.45, 2.75) is 39.2 Å². The standard InChI is InChI=1S/C16H19BrN4O.ClH/c1-16(2)7-13(22)21-9-10(3-4-12(16)21)14-11-8-18-5-6-20(11)15(17)19-14;/h5-6,8,10,12H,3-4,7,9H2,1-2H3;1H.